The van der Waals surface area contributed by atoms with E-state index in [0.29, 0.717) is 6.10 Å². The summed E-state index contributed by atoms with van der Waals surface area (Å²) in [6.45, 7) is 2.13. The van der Waals surface area contributed by atoms with Gasteiger partial charge in [0.05, 0.1) is 27.7 Å². The molecule has 1 atom stereocenters. The first-order valence-electron chi connectivity index (χ1n) is 8.16. The first-order valence-corrected chi connectivity index (χ1v) is 11.1. The molecule has 0 radical (unpaired) electrons. The summed E-state index contributed by atoms with van der Waals surface area (Å²) in [5.41, 5.74) is -11.9. The van der Waals surface area contributed by atoms with E-state index in [1.807, 2.05) is 0 Å². The zero-order valence-corrected chi connectivity index (χ0v) is 19.3. The molecule has 0 aliphatic carbocycles. The highest BCUT2D eigenvalue weighted by Crippen LogP contribution is 2.24. The third kappa shape index (κ3) is 14.5. The maximum absolute atomic E-state index is 11.4. The number of nitrogens with zero attached hydrogens (tertiary/aromatic N) is 1. The number of hydrogen-bond acceptors (Lipinski definition) is 7. The lowest BCUT2D eigenvalue weighted by Gasteiger charge is -2.22. The van der Waals surface area contributed by atoms with Crippen molar-refractivity contribution in [2.24, 2.45) is 0 Å². The van der Waals surface area contributed by atoms with Gasteiger partial charge in [0.15, 0.2) is 0 Å². The van der Waals surface area contributed by atoms with Crippen LogP contribution in [0.2, 0.25) is 0 Å². The van der Waals surface area contributed by atoms with Crippen LogP contribution in [-0.4, -0.2) is 96.9 Å². The van der Waals surface area contributed by atoms with Gasteiger partial charge in [0.2, 0.25) is 0 Å². The standard InChI is InChI=1S/C6H14NO.2C3HF6NO3S/c1-7(2,3)4-6-5-8-6;2*4-2(5,6)1(11)10-14(12,13)3(7,8)9/h6H,4-5H2,1-3H3;2*(H,10,11)/q+1;;. The van der Waals surface area contributed by atoms with Crippen molar-refractivity contribution < 1.29 is 88.3 Å². The SMILES string of the molecule is C[N+](C)(C)CC1CO1.O=C(NS(=O)(=O)C(F)(F)F)C(F)(F)F.O=C(NS(=O)(=O)C(F)(F)F)C(F)(F)F. The number of amides is 2. The quantitative estimate of drug-likeness (QED) is 0.278. The van der Waals surface area contributed by atoms with Gasteiger partial charge in [-0.15, -0.1) is 0 Å². The highest BCUT2D eigenvalue weighted by Gasteiger charge is 2.52. The Balaban J connectivity index is 0. The molecule has 0 aromatic heterocycles. The van der Waals surface area contributed by atoms with Crippen LogP contribution in [-0.2, 0) is 34.4 Å². The lowest BCUT2D eigenvalue weighted by Crippen LogP contribution is -2.46. The summed E-state index contributed by atoms with van der Waals surface area (Å²) in [5, 5.41) is 0. The van der Waals surface area contributed by atoms with E-state index in [1.54, 1.807) is 0 Å². The number of quaternary nitrogens is 1. The normalized spacial score (nSPS) is 17.0. The smallest absolute Gasteiger partial charge is 0.367 e. The summed E-state index contributed by atoms with van der Waals surface area (Å²) in [5.74, 6) is -6.40. The van der Waals surface area contributed by atoms with Crippen LogP contribution in [0.15, 0.2) is 0 Å². The maximum atomic E-state index is 11.4. The first-order chi connectivity index (χ1) is 15.3. The van der Waals surface area contributed by atoms with Crippen molar-refractivity contribution >= 4 is 31.9 Å². The molecule has 24 heteroatoms. The van der Waals surface area contributed by atoms with Gasteiger partial charge in [0.25, 0.3) is 0 Å². The van der Waals surface area contributed by atoms with Crippen LogP contribution in [0.1, 0.15) is 0 Å². The fraction of sp³-hybridized carbons (Fsp3) is 0.833. The van der Waals surface area contributed by atoms with Crippen molar-refractivity contribution in [1.82, 2.24) is 9.44 Å². The van der Waals surface area contributed by atoms with Gasteiger partial charge in [0, 0.05) is 0 Å². The van der Waals surface area contributed by atoms with E-state index < -0.39 is 55.2 Å². The molecule has 36 heavy (non-hydrogen) atoms. The number of nitrogens with one attached hydrogen (secondary N) is 2. The van der Waals surface area contributed by atoms with E-state index in [-0.39, 0.29) is 9.44 Å². The number of likely N-dealkylation sites (N-methyl/N-ethyl adjacent to an activating group) is 1. The molecule has 1 aliphatic rings. The Morgan fingerprint density at radius 3 is 1.08 bits per heavy atom. The number of carbonyl (C=O) groups is 2. The lowest BCUT2D eigenvalue weighted by molar-refractivity contribution is -0.870. The average molecular weight is 606 g/mol. The molecule has 0 spiro atoms. The topological polar surface area (TPSA) is 139 Å². The Kier molecular flexibility index (Phi) is 11.6. The Bertz CT molecular complexity index is 906. The molecule has 10 nitrogen and oxygen atoms in total. The van der Waals surface area contributed by atoms with Crippen LogP contribution in [0.4, 0.5) is 52.7 Å². The Morgan fingerprint density at radius 2 is 0.972 bits per heavy atom. The van der Waals surface area contributed by atoms with Crippen LogP contribution in [0.5, 0.6) is 0 Å². The molecule has 216 valence electrons. The van der Waals surface area contributed by atoms with Gasteiger partial charge in [-0.1, -0.05) is 0 Å². The minimum absolute atomic E-state index is 0.181. The molecular formula is C12H16F12N3O7S2+. The molecule has 0 aromatic carbocycles. The van der Waals surface area contributed by atoms with E-state index >= 15 is 0 Å². The number of halogens is 12. The highest BCUT2D eigenvalue weighted by molar-refractivity contribution is 7.91. The van der Waals surface area contributed by atoms with Crippen molar-refractivity contribution in [3.63, 3.8) is 0 Å². The van der Waals surface area contributed by atoms with Gasteiger partial charge < -0.3 is 9.22 Å². The molecule has 2 amide bonds. The number of epoxide rings is 1. The van der Waals surface area contributed by atoms with Crippen molar-refractivity contribution in [1.29, 1.82) is 0 Å². The summed E-state index contributed by atoms with van der Waals surface area (Å²) in [7, 11) is -6.05. The average Bonchev–Trinajstić information content (AvgIpc) is 3.33. The number of ether oxygens (including phenoxy) is 1. The fourth-order valence-electron chi connectivity index (χ4n) is 1.26. The Hall–Kier alpha value is -2.08. The van der Waals surface area contributed by atoms with Crippen LogP contribution < -0.4 is 9.44 Å². The maximum Gasteiger partial charge on any atom is 0.516 e. The molecule has 0 saturated carbocycles. The van der Waals surface area contributed by atoms with Gasteiger partial charge in [-0.2, -0.15) is 69.5 Å². The second kappa shape index (κ2) is 11.5. The number of sulfonamides is 2. The molecule has 1 fully saturated rings. The van der Waals surface area contributed by atoms with Crippen molar-refractivity contribution in [3.05, 3.63) is 0 Å². The van der Waals surface area contributed by atoms with Gasteiger partial charge in [0.1, 0.15) is 12.6 Å². The molecule has 1 saturated heterocycles. The Labute approximate surface area is 194 Å². The third-order valence-electron chi connectivity index (χ3n) is 2.73. The van der Waals surface area contributed by atoms with Crippen LogP contribution >= 0.6 is 0 Å². The van der Waals surface area contributed by atoms with Gasteiger partial charge in [-0.25, -0.2) is 9.44 Å². The predicted octanol–water partition coefficient (Wildman–Crippen LogP) is 1.12. The molecule has 0 bridgehead atoms. The fourth-order valence-corrected chi connectivity index (χ4v) is 2.21. The summed E-state index contributed by atoms with van der Waals surface area (Å²) in [4.78, 5) is 19.6. The molecule has 1 heterocycles. The summed E-state index contributed by atoms with van der Waals surface area (Å²) >= 11 is 0. The summed E-state index contributed by atoms with van der Waals surface area (Å²) in [6.07, 6.45) is -10.8. The molecule has 0 aromatic rings. The van der Waals surface area contributed by atoms with E-state index in [0.717, 1.165) is 17.6 Å². The van der Waals surface area contributed by atoms with Crippen molar-refractivity contribution in [2.45, 2.75) is 29.5 Å². The monoisotopic (exact) mass is 606 g/mol. The Morgan fingerprint density at radius 1 is 0.722 bits per heavy atom. The molecule has 1 aliphatic heterocycles. The molecular weight excluding hydrogens is 590 g/mol. The van der Waals surface area contributed by atoms with E-state index in [2.05, 4.69) is 21.1 Å². The number of hydrogen-bond donors (Lipinski definition) is 2. The number of carbonyl (C=O) groups excluding carboxylic acids is 2. The van der Waals surface area contributed by atoms with E-state index in [4.69, 9.17) is 4.74 Å². The highest BCUT2D eigenvalue weighted by atomic mass is 32.2. The van der Waals surface area contributed by atoms with Crippen LogP contribution in [0, 0.1) is 0 Å². The minimum Gasteiger partial charge on any atom is -0.367 e. The minimum atomic E-state index is -6.30. The second-order valence-corrected chi connectivity index (χ2v) is 10.5. The molecule has 1 unspecified atom stereocenters. The van der Waals surface area contributed by atoms with E-state index in [1.165, 1.54) is 0 Å². The predicted molar refractivity (Wildman–Crippen MR) is 91.0 cm³/mol. The van der Waals surface area contributed by atoms with Gasteiger partial charge >= 0.3 is 55.2 Å². The number of rotatable bonds is 4. The van der Waals surface area contributed by atoms with Crippen molar-refractivity contribution in [2.75, 3.05) is 34.3 Å². The summed E-state index contributed by atoms with van der Waals surface area (Å²) < 4.78 is 182. The lowest BCUT2D eigenvalue weighted by atomic mass is 10.4. The summed E-state index contributed by atoms with van der Waals surface area (Å²) in [6, 6.07) is 0. The number of alkyl halides is 12. The van der Waals surface area contributed by atoms with Crippen molar-refractivity contribution in [3.8, 4) is 0 Å². The van der Waals surface area contributed by atoms with E-state index in [9.17, 15) is 79.1 Å². The second-order valence-electron chi connectivity index (χ2n) is 7.18. The van der Waals surface area contributed by atoms with Crippen LogP contribution in [0.25, 0.3) is 0 Å². The van der Waals surface area contributed by atoms with Crippen LogP contribution in [0.3, 0.4) is 0 Å². The van der Waals surface area contributed by atoms with Gasteiger partial charge in [-0.3, -0.25) is 9.59 Å². The molecule has 1 rings (SSSR count). The zero-order chi connectivity index (χ0) is 29.8. The third-order valence-corrected chi connectivity index (χ3v) is 4.86. The largest absolute Gasteiger partial charge is 0.516 e. The molecule has 2 N–H and O–H groups in total. The zero-order valence-electron chi connectivity index (χ0n) is 17.6. The first kappa shape index (κ1) is 36.1. The van der Waals surface area contributed by atoms with Gasteiger partial charge in [-0.05, 0) is 0 Å².